The molecular weight excluding hydrogens is 206 g/mol. The summed E-state index contributed by atoms with van der Waals surface area (Å²) in [5.41, 5.74) is 0.148. The third-order valence-electron chi connectivity index (χ3n) is 3.51. The maximum Gasteiger partial charge on any atom is 0.195 e. The van der Waals surface area contributed by atoms with Gasteiger partial charge in [-0.15, -0.1) is 0 Å². The van der Waals surface area contributed by atoms with Crippen molar-refractivity contribution in [2.75, 3.05) is 0 Å². The van der Waals surface area contributed by atoms with E-state index >= 15 is 0 Å². The summed E-state index contributed by atoms with van der Waals surface area (Å²) in [4.78, 5) is 0. The summed E-state index contributed by atoms with van der Waals surface area (Å²) in [7, 11) is 0. The smallest absolute Gasteiger partial charge is 0.195 e. The van der Waals surface area contributed by atoms with Gasteiger partial charge in [-0.05, 0) is 31.5 Å². The van der Waals surface area contributed by atoms with Gasteiger partial charge in [0.1, 0.15) is 5.82 Å². The first-order valence-corrected chi connectivity index (χ1v) is 6.22. The van der Waals surface area contributed by atoms with Crippen LogP contribution in [-0.4, -0.2) is 14.8 Å². The van der Waals surface area contributed by atoms with Crippen LogP contribution in [0.25, 0.3) is 0 Å². The topological polar surface area (TPSA) is 33.6 Å². The molecule has 0 radical (unpaired) electrons. The van der Waals surface area contributed by atoms with Gasteiger partial charge in [0.05, 0.1) is 0 Å². The molecule has 0 unspecified atom stereocenters. The molecule has 3 nitrogen and oxygen atoms in total. The second-order valence-electron chi connectivity index (χ2n) is 3.92. The van der Waals surface area contributed by atoms with E-state index in [1.54, 1.807) is 0 Å². The average molecular weight is 227 g/mol. The van der Waals surface area contributed by atoms with E-state index in [4.69, 9.17) is 12.2 Å². The quantitative estimate of drug-likeness (QED) is 0.782. The Morgan fingerprint density at radius 1 is 1.20 bits per heavy atom. The molecule has 1 N–H and O–H groups in total. The molecule has 0 saturated carbocycles. The second kappa shape index (κ2) is 4.92. The zero-order chi connectivity index (χ0) is 11.5. The average Bonchev–Trinajstić information content (AvgIpc) is 2.65. The van der Waals surface area contributed by atoms with E-state index < -0.39 is 0 Å². The molecule has 15 heavy (non-hydrogen) atoms. The van der Waals surface area contributed by atoms with Crippen LogP contribution in [-0.2, 0) is 12.0 Å². The Kier molecular flexibility index (Phi) is 4.08. The monoisotopic (exact) mass is 227 g/mol. The standard InChI is InChI=1S/C11H21N3S/c1-5-9-12-13-10(15)14(9)11(6-2,7-3)8-4/h5-8H2,1-4H3,(H,13,15). The lowest BCUT2D eigenvalue weighted by Gasteiger charge is -2.33. The molecule has 1 aromatic heterocycles. The van der Waals surface area contributed by atoms with Gasteiger partial charge >= 0.3 is 0 Å². The molecule has 4 heteroatoms. The van der Waals surface area contributed by atoms with Crippen molar-refractivity contribution in [3.8, 4) is 0 Å². The summed E-state index contributed by atoms with van der Waals surface area (Å²) >= 11 is 5.33. The van der Waals surface area contributed by atoms with E-state index in [0.717, 1.165) is 36.3 Å². The molecule has 0 amide bonds. The summed E-state index contributed by atoms with van der Waals surface area (Å²) in [5.74, 6) is 1.07. The fraction of sp³-hybridized carbons (Fsp3) is 0.818. The fourth-order valence-electron chi connectivity index (χ4n) is 2.28. The van der Waals surface area contributed by atoms with Crippen LogP contribution in [0.2, 0.25) is 0 Å². The van der Waals surface area contributed by atoms with Crippen LogP contribution < -0.4 is 0 Å². The molecule has 0 aromatic carbocycles. The second-order valence-corrected chi connectivity index (χ2v) is 4.31. The van der Waals surface area contributed by atoms with Crippen molar-refractivity contribution in [1.29, 1.82) is 0 Å². The molecule has 0 bridgehead atoms. The first-order chi connectivity index (χ1) is 7.15. The van der Waals surface area contributed by atoms with E-state index in [1.807, 2.05) is 0 Å². The normalized spacial score (nSPS) is 12.0. The van der Waals surface area contributed by atoms with Gasteiger partial charge in [-0.3, -0.25) is 9.67 Å². The van der Waals surface area contributed by atoms with Crippen molar-refractivity contribution in [3.05, 3.63) is 10.6 Å². The number of nitrogens with zero attached hydrogens (tertiary/aromatic N) is 2. The van der Waals surface area contributed by atoms with Gasteiger partial charge in [-0.1, -0.05) is 27.7 Å². The molecule has 0 aliphatic rings. The Hall–Kier alpha value is -0.640. The molecule has 1 heterocycles. The van der Waals surface area contributed by atoms with Crippen molar-refractivity contribution in [1.82, 2.24) is 14.8 Å². The maximum absolute atomic E-state index is 5.33. The Balaban J connectivity index is 3.33. The van der Waals surface area contributed by atoms with Crippen LogP contribution in [0, 0.1) is 4.77 Å². The minimum atomic E-state index is 0.148. The van der Waals surface area contributed by atoms with Crippen molar-refractivity contribution >= 4 is 12.2 Å². The fourth-order valence-corrected chi connectivity index (χ4v) is 2.62. The molecule has 0 fully saturated rings. The molecular formula is C11H21N3S. The molecule has 0 aliphatic carbocycles. The minimum absolute atomic E-state index is 0.148. The van der Waals surface area contributed by atoms with E-state index in [9.17, 15) is 0 Å². The van der Waals surface area contributed by atoms with Crippen LogP contribution in [0.5, 0.6) is 0 Å². The molecule has 0 saturated heterocycles. The zero-order valence-corrected chi connectivity index (χ0v) is 10.9. The van der Waals surface area contributed by atoms with Crippen molar-refractivity contribution in [3.63, 3.8) is 0 Å². The Bertz CT molecular complexity index is 352. The number of hydrogen-bond acceptors (Lipinski definition) is 2. The summed E-state index contributed by atoms with van der Waals surface area (Å²) in [6.45, 7) is 8.79. The lowest BCUT2D eigenvalue weighted by atomic mass is 9.89. The van der Waals surface area contributed by atoms with Crippen LogP contribution in [0.1, 0.15) is 52.8 Å². The van der Waals surface area contributed by atoms with Gasteiger partial charge in [0.15, 0.2) is 4.77 Å². The first kappa shape index (κ1) is 12.4. The highest BCUT2D eigenvalue weighted by atomic mass is 32.1. The summed E-state index contributed by atoms with van der Waals surface area (Å²) in [6, 6.07) is 0. The Morgan fingerprint density at radius 3 is 2.13 bits per heavy atom. The number of rotatable bonds is 5. The number of nitrogens with one attached hydrogen (secondary N) is 1. The molecule has 0 atom stereocenters. The van der Waals surface area contributed by atoms with Gasteiger partial charge in [0.2, 0.25) is 0 Å². The zero-order valence-electron chi connectivity index (χ0n) is 10.1. The van der Waals surface area contributed by atoms with E-state index in [-0.39, 0.29) is 5.54 Å². The number of aromatic nitrogens is 3. The number of hydrogen-bond donors (Lipinski definition) is 1. The maximum atomic E-state index is 5.33. The van der Waals surface area contributed by atoms with Crippen molar-refractivity contribution < 1.29 is 0 Å². The SMILES string of the molecule is CCc1n[nH]c(=S)n1C(CC)(CC)CC. The third kappa shape index (κ3) is 2.00. The third-order valence-corrected chi connectivity index (χ3v) is 3.78. The van der Waals surface area contributed by atoms with Crippen LogP contribution in [0.4, 0.5) is 0 Å². The lowest BCUT2D eigenvalue weighted by Crippen LogP contribution is -2.33. The highest BCUT2D eigenvalue weighted by Gasteiger charge is 2.29. The molecule has 86 valence electrons. The van der Waals surface area contributed by atoms with E-state index in [1.165, 1.54) is 0 Å². The highest BCUT2D eigenvalue weighted by Crippen LogP contribution is 2.30. The predicted molar refractivity (Wildman–Crippen MR) is 65.6 cm³/mol. The molecule has 0 aliphatic heterocycles. The number of H-pyrrole nitrogens is 1. The number of aryl methyl sites for hydroxylation is 1. The van der Waals surface area contributed by atoms with Gasteiger partial charge in [-0.2, -0.15) is 5.10 Å². The van der Waals surface area contributed by atoms with Gasteiger partial charge in [-0.25, -0.2) is 0 Å². The van der Waals surface area contributed by atoms with Gasteiger partial charge < -0.3 is 0 Å². The number of aromatic amines is 1. The summed E-state index contributed by atoms with van der Waals surface area (Å²) in [6.07, 6.45) is 4.22. The minimum Gasteiger partial charge on any atom is -0.298 e. The van der Waals surface area contributed by atoms with Crippen LogP contribution >= 0.6 is 12.2 Å². The van der Waals surface area contributed by atoms with Crippen LogP contribution in [0.3, 0.4) is 0 Å². The van der Waals surface area contributed by atoms with Gasteiger partial charge in [0, 0.05) is 12.0 Å². The Morgan fingerprint density at radius 2 is 1.73 bits per heavy atom. The summed E-state index contributed by atoms with van der Waals surface area (Å²) in [5, 5.41) is 7.20. The van der Waals surface area contributed by atoms with Crippen molar-refractivity contribution in [2.45, 2.75) is 58.9 Å². The van der Waals surface area contributed by atoms with E-state index in [0.29, 0.717) is 0 Å². The van der Waals surface area contributed by atoms with E-state index in [2.05, 4.69) is 42.5 Å². The lowest BCUT2D eigenvalue weighted by molar-refractivity contribution is 0.240. The Labute approximate surface area is 96.9 Å². The predicted octanol–water partition coefficient (Wildman–Crippen LogP) is 3.43. The largest absolute Gasteiger partial charge is 0.298 e. The van der Waals surface area contributed by atoms with Gasteiger partial charge in [0.25, 0.3) is 0 Å². The molecule has 1 rings (SSSR count). The molecule has 0 spiro atoms. The first-order valence-electron chi connectivity index (χ1n) is 5.81. The van der Waals surface area contributed by atoms with Crippen molar-refractivity contribution in [2.24, 2.45) is 0 Å². The highest BCUT2D eigenvalue weighted by molar-refractivity contribution is 7.71. The summed E-state index contributed by atoms with van der Waals surface area (Å²) < 4.78 is 2.99. The van der Waals surface area contributed by atoms with Crippen LogP contribution in [0.15, 0.2) is 0 Å². The molecule has 1 aromatic rings.